The van der Waals surface area contributed by atoms with Crippen LogP contribution in [0.25, 0.3) is 0 Å². The lowest BCUT2D eigenvalue weighted by Gasteiger charge is -2.25. The van der Waals surface area contributed by atoms with Crippen molar-refractivity contribution in [3.8, 4) is 0 Å². The molecule has 1 rings (SSSR count). The third-order valence-corrected chi connectivity index (χ3v) is 4.58. The second-order valence-electron chi connectivity index (χ2n) is 6.03. The number of aromatic nitrogens is 2. The number of thioether (sulfide) groups is 1. The first-order valence-corrected chi connectivity index (χ1v) is 8.84. The quantitative estimate of drug-likeness (QED) is 0.764. The van der Waals surface area contributed by atoms with E-state index in [9.17, 15) is 0 Å². The zero-order valence-electron chi connectivity index (χ0n) is 13.4. The van der Waals surface area contributed by atoms with E-state index in [1.165, 1.54) is 0 Å². The van der Waals surface area contributed by atoms with E-state index < -0.39 is 0 Å². The summed E-state index contributed by atoms with van der Waals surface area (Å²) in [6, 6.07) is 0.265. The maximum absolute atomic E-state index is 6.37. The summed E-state index contributed by atoms with van der Waals surface area (Å²) < 4.78 is 2.31. The van der Waals surface area contributed by atoms with Crippen LogP contribution in [0.3, 0.4) is 0 Å². The van der Waals surface area contributed by atoms with E-state index in [-0.39, 0.29) is 10.8 Å². The average Bonchev–Trinajstić information content (AvgIpc) is 2.71. The highest BCUT2D eigenvalue weighted by atomic mass is 35.5. The molecule has 0 fully saturated rings. The average molecular weight is 318 g/mol. The molecule has 0 aromatic carbocycles. The van der Waals surface area contributed by atoms with E-state index in [1.54, 1.807) is 6.20 Å². The second kappa shape index (κ2) is 8.30. The molecule has 1 aromatic heterocycles. The lowest BCUT2D eigenvalue weighted by Crippen LogP contribution is -2.28. The standard InChI is InChI=1S/C15H28ClN3S/c1-6-8-17-13(11-20-15(3,4)5)14-12(16)10-18-19(14)9-7-2/h10,13,17H,6-9,11H2,1-5H3. The van der Waals surface area contributed by atoms with Crippen molar-refractivity contribution in [1.82, 2.24) is 15.1 Å². The molecule has 3 nitrogen and oxygen atoms in total. The van der Waals surface area contributed by atoms with Gasteiger partial charge in [-0.15, -0.1) is 0 Å². The van der Waals surface area contributed by atoms with E-state index in [0.717, 1.165) is 42.4 Å². The van der Waals surface area contributed by atoms with Crippen LogP contribution in [0.5, 0.6) is 0 Å². The van der Waals surface area contributed by atoms with Gasteiger partial charge in [0.05, 0.1) is 23.0 Å². The van der Waals surface area contributed by atoms with Crippen molar-refractivity contribution >= 4 is 23.4 Å². The number of aryl methyl sites for hydroxylation is 1. The Labute approximate surface area is 132 Å². The number of halogens is 1. The molecule has 20 heavy (non-hydrogen) atoms. The summed E-state index contributed by atoms with van der Waals surface area (Å²) in [5.74, 6) is 1.01. The summed E-state index contributed by atoms with van der Waals surface area (Å²) in [6.45, 7) is 13.0. The molecule has 0 bridgehead atoms. The number of hydrogen-bond acceptors (Lipinski definition) is 3. The molecule has 1 atom stereocenters. The Kier molecular flexibility index (Phi) is 7.41. The van der Waals surface area contributed by atoms with Gasteiger partial charge in [0.2, 0.25) is 0 Å². The fraction of sp³-hybridized carbons (Fsp3) is 0.800. The number of nitrogens with one attached hydrogen (secondary N) is 1. The molecule has 0 spiro atoms. The smallest absolute Gasteiger partial charge is 0.0834 e. The third kappa shape index (κ3) is 5.66. The van der Waals surface area contributed by atoms with Gasteiger partial charge < -0.3 is 5.32 Å². The second-order valence-corrected chi connectivity index (χ2v) is 8.28. The van der Waals surface area contributed by atoms with Crippen LogP contribution in [0.2, 0.25) is 5.02 Å². The molecule has 0 radical (unpaired) electrons. The fourth-order valence-electron chi connectivity index (χ4n) is 1.99. The van der Waals surface area contributed by atoms with Crippen LogP contribution < -0.4 is 5.32 Å². The lowest BCUT2D eigenvalue weighted by atomic mass is 10.2. The summed E-state index contributed by atoms with van der Waals surface area (Å²) in [7, 11) is 0. The van der Waals surface area contributed by atoms with Crippen molar-refractivity contribution in [2.45, 2.75) is 64.8 Å². The molecule has 0 amide bonds. The predicted molar refractivity (Wildman–Crippen MR) is 90.8 cm³/mol. The van der Waals surface area contributed by atoms with Gasteiger partial charge >= 0.3 is 0 Å². The molecule has 0 saturated heterocycles. The van der Waals surface area contributed by atoms with Gasteiger partial charge in [0.1, 0.15) is 0 Å². The zero-order valence-corrected chi connectivity index (χ0v) is 14.9. The van der Waals surface area contributed by atoms with E-state index in [1.807, 2.05) is 11.8 Å². The monoisotopic (exact) mass is 317 g/mol. The Morgan fingerprint density at radius 3 is 2.60 bits per heavy atom. The summed E-state index contributed by atoms with van der Waals surface area (Å²) in [4.78, 5) is 0. The Morgan fingerprint density at radius 1 is 1.35 bits per heavy atom. The van der Waals surface area contributed by atoms with Crippen molar-refractivity contribution < 1.29 is 0 Å². The third-order valence-electron chi connectivity index (χ3n) is 2.92. The SMILES string of the molecule is CCCNC(CSC(C)(C)C)c1c(Cl)cnn1CCC. The minimum atomic E-state index is 0.258. The summed E-state index contributed by atoms with van der Waals surface area (Å²) in [6.07, 6.45) is 3.96. The van der Waals surface area contributed by atoms with Crippen molar-refractivity contribution in [1.29, 1.82) is 0 Å². The van der Waals surface area contributed by atoms with Gasteiger partial charge in [0, 0.05) is 17.0 Å². The molecule has 0 saturated carbocycles. The molecule has 1 unspecified atom stereocenters. The normalized spacial score (nSPS) is 13.7. The largest absolute Gasteiger partial charge is 0.308 e. The Hall–Kier alpha value is -0.190. The van der Waals surface area contributed by atoms with E-state index in [0.29, 0.717) is 0 Å². The van der Waals surface area contributed by atoms with E-state index >= 15 is 0 Å². The van der Waals surface area contributed by atoms with Gasteiger partial charge in [-0.25, -0.2) is 0 Å². The van der Waals surface area contributed by atoms with Crippen LogP contribution in [0.4, 0.5) is 0 Å². The van der Waals surface area contributed by atoms with Gasteiger partial charge in [-0.1, -0.05) is 46.2 Å². The molecular formula is C15H28ClN3S. The van der Waals surface area contributed by atoms with E-state index in [4.69, 9.17) is 11.6 Å². The molecule has 0 aliphatic heterocycles. The topological polar surface area (TPSA) is 29.9 Å². The van der Waals surface area contributed by atoms with Crippen LogP contribution in [0, 0.1) is 0 Å². The highest BCUT2D eigenvalue weighted by Crippen LogP contribution is 2.31. The van der Waals surface area contributed by atoms with Gasteiger partial charge in [-0.05, 0) is 19.4 Å². The predicted octanol–water partition coefficient (Wildman–Crippen LogP) is 4.52. The zero-order chi connectivity index (χ0) is 15.2. The van der Waals surface area contributed by atoms with Crippen LogP contribution in [0.1, 0.15) is 59.2 Å². The molecular weight excluding hydrogens is 290 g/mol. The maximum Gasteiger partial charge on any atom is 0.0834 e. The number of hydrogen-bond donors (Lipinski definition) is 1. The van der Waals surface area contributed by atoms with Gasteiger partial charge in [-0.2, -0.15) is 16.9 Å². The highest BCUT2D eigenvalue weighted by molar-refractivity contribution is 8.00. The van der Waals surface area contributed by atoms with Crippen LogP contribution in [-0.4, -0.2) is 26.8 Å². The molecule has 1 aromatic rings. The van der Waals surface area contributed by atoms with Crippen LogP contribution >= 0.6 is 23.4 Å². The molecule has 116 valence electrons. The summed E-state index contributed by atoms with van der Waals surface area (Å²) in [5.41, 5.74) is 1.14. The maximum atomic E-state index is 6.37. The molecule has 1 heterocycles. The van der Waals surface area contributed by atoms with Crippen molar-refractivity contribution in [3.63, 3.8) is 0 Å². The first kappa shape index (κ1) is 17.9. The Morgan fingerprint density at radius 2 is 2.05 bits per heavy atom. The van der Waals surface area contributed by atoms with E-state index in [2.05, 4.69) is 49.7 Å². The Balaban J connectivity index is 2.88. The first-order valence-electron chi connectivity index (χ1n) is 7.47. The number of rotatable bonds is 8. The number of nitrogens with zero attached hydrogens (tertiary/aromatic N) is 2. The van der Waals surface area contributed by atoms with Crippen molar-refractivity contribution in [3.05, 3.63) is 16.9 Å². The minimum Gasteiger partial charge on any atom is -0.308 e. The van der Waals surface area contributed by atoms with Crippen LogP contribution in [-0.2, 0) is 6.54 Å². The van der Waals surface area contributed by atoms with Gasteiger partial charge in [-0.3, -0.25) is 4.68 Å². The summed E-state index contributed by atoms with van der Waals surface area (Å²) >= 11 is 8.34. The van der Waals surface area contributed by atoms with Gasteiger partial charge in [0.15, 0.2) is 0 Å². The van der Waals surface area contributed by atoms with Crippen LogP contribution in [0.15, 0.2) is 6.20 Å². The lowest BCUT2D eigenvalue weighted by molar-refractivity contribution is 0.498. The highest BCUT2D eigenvalue weighted by Gasteiger charge is 2.22. The van der Waals surface area contributed by atoms with Gasteiger partial charge in [0.25, 0.3) is 0 Å². The Bertz CT molecular complexity index is 398. The molecule has 1 N–H and O–H groups in total. The van der Waals surface area contributed by atoms with Crippen molar-refractivity contribution in [2.24, 2.45) is 0 Å². The first-order chi connectivity index (χ1) is 9.39. The molecule has 0 aliphatic rings. The van der Waals surface area contributed by atoms with Crippen molar-refractivity contribution in [2.75, 3.05) is 12.3 Å². The fourth-order valence-corrected chi connectivity index (χ4v) is 3.21. The minimum absolute atomic E-state index is 0.258. The molecule has 5 heteroatoms. The molecule has 0 aliphatic carbocycles. The summed E-state index contributed by atoms with van der Waals surface area (Å²) in [5, 5.41) is 8.81.